The Kier molecular flexibility index (Phi) is 13.1. The lowest BCUT2D eigenvalue weighted by Crippen LogP contribution is -2.37. The van der Waals surface area contributed by atoms with Crippen LogP contribution in [0.5, 0.6) is 0 Å². The summed E-state index contributed by atoms with van der Waals surface area (Å²) < 4.78 is 5.86. The molecule has 8 heteroatoms. The summed E-state index contributed by atoms with van der Waals surface area (Å²) in [5.41, 5.74) is 3.23. The molecular weight excluding hydrogens is 586 g/mol. The highest BCUT2D eigenvalue weighted by Crippen LogP contribution is 2.34. The van der Waals surface area contributed by atoms with Crippen molar-refractivity contribution in [1.29, 1.82) is 0 Å². The van der Waals surface area contributed by atoms with Gasteiger partial charge in [0.05, 0.1) is 16.5 Å². The maximum absolute atomic E-state index is 13.1. The minimum absolute atomic E-state index is 0. The second-order valence-corrected chi connectivity index (χ2v) is 11.8. The number of carbonyl (C=O) groups excluding carboxylic acids is 1. The van der Waals surface area contributed by atoms with Crippen LogP contribution in [0.25, 0.3) is 0 Å². The fourth-order valence-electron chi connectivity index (χ4n) is 5.55. The summed E-state index contributed by atoms with van der Waals surface area (Å²) in [6, 6.07) is 23.8. The van der Waals surface area contributed by atoms with Crippen molar-refractivity contribution in [1.82, 2.24) is 9.80 Å². The molecule has 3 aromatic rings. The number of halogens is 4. The van der Waals surface area contributed by atoms with Crippen molar-refractivity contribution in [3.63, 3.8) is 0 Å². The van der Waals surface area contributed by atoms with E-state index in [-0.39, 0.29) is 30.5 Å². The average Bonchev–Trinajstić information content (AvgIpc) is 2.94. The number of likely N-dealkylation sites (N-methyl/N-ethyl adjacent to an activating group) is 1. The molecule has 1 amide bonds. The Labute approximate surface area is 260 Å². The van der Waals surface area contributed by atoms with Gasteiger partial charge in [-0.2, -0.15) is 0 Å². The van der Waals surface area contributed by atoms with Crippen molar-refractivity contribution in [2.24, 2.45) is 5.92 Å². The van der Waals surface area contributed by atoms with Gasteiger partial charge in [0.1, 0.15) is 6.23 Å². The van der Waals surface area contributed by atoms with Crippen LogP contribution in [-0.2, 0) is 16.0 Å². The van der Waals surface area contributed by atoms with Gasteiger partial charge in [-0.1, -0.05) is 83.3 Å². The number of piperidine rings is 1. The Morgan fingerprint density at radius 1 is 0.950 bits per heavy atom. The molecule has 1 aliphatic rings. The summed E-state index contributed by atoms with van der Waals surface area (Å²) in [6.07, 6.45) is 4.65. The largest absolute Gasteiger partial charge is 0.362 e. The third-order valence-electron chi connectivity index (χ3n) is 7.79. The lowest BCUT2D eigenvalue weighted by atomic mass is 9.85. The fraction of sp³-hybridized carbons (Fsp3) is 0.406. The van der Waals surface area contributed by atoms with Crippen LogP contribution in [0.4, 0.5) is 0 Å². The van der Waals surface area contributed by atoms with Gasteiger partial charge in [0, 0.05) is 44.7 Å². The van der Waals surface area contributed by atoms with Gasteiger partial charge in [-0.05, 0) is 72.6 Å². The lowest BCUT2D eigenvalue weighted by Gasteiger charge is -2.37. The molecule has 0 spiro atoms. The van der Waals surface area contributed by atoms with Gasteiger partial charge in [-0.25, -0.2) is 0 Å². The van der Waals surface area contributed by atoms with Crippen LogP contribution < -0.4 is 0 Å². The van der Waals surface area contributed by atoms with Crippen LogP contribution in [0, 0.1) is 5.92 Å². The summed E-state index contributed by atoms with van der Waals surface area (Å²) in [7, 11) is 3.67. The minimum Gasteiger partial charge on any atom is -0.362 e. The summed E-state index contributed by atoms with van der Waals surface area (Å²) in [6.45, 7) is 2.64. The molecule has 216 valence electrons. The topological polar surface area (TPSA) is 32.8 Å². The molecule has 4 nitrogen and oxygen atoms in total. The van der Waals surface area contributed by atoms with Crippen LogP contribution in [0.1, 0.15) is 54.5 Å². The maximum atomic E-state index is 13.1. The number of nitrogens with zero attached hydrogens (tertiary/aromatic N) is 2. The normalized spacial score (nSPS) is 15.7. The van der Waals surface area contributed by atoms with E-state index in [1.54, 1.807) is 7.11 Å². The SMILES string of the molecule is COC(c1ccccc1)N1CCC(CCC(CN(C)C(=O)Cc2cccc(Cl)c2)c2ccc(Cl)c(Cl)c2)CC1.Cl. The number of likely N-dealkylation sites (tertiary alicyclic amines) is 1. The second kappa shape index (κ2) is 16.0. The van der Waals surface area contributed by atoms with E-state index in [2.05, 4.69) is 29.2 Å². The minimum atomic E-state index is -0.00438. The molecule has 2 unspecified atom stereocenters. The molecule has 1 heterocycles. The number of methoxy groups -OCH3 is 1. The summed E-state index contributed by atoms with van der Waals surface area (Å²) in [4.78, 5) is 17.3. The van der Waals surface area contributed by atoms with Crippen LogP contribution in [0.2, 0.25) is 15.1 Å². The average molecular weight is 624 g/mol. The zero-order valence-electron chi connectivity index (χ0n) is 23.1. The fourth-order valence-corrected chi connectivity index (χ4v) is 6.06. The molecule has 1 fully saturated rings. The Balaban J connectivity index is 0.00000441. The van der Waals surface area contributed by atoms with Crippen molar-refractivity contribution >= 4 is 53.1 Å². The number of rotatable bonds is 11. The number of carbonyl (C=O) groups is 1. The highest BCUT2D eigenvalue weighted by atomic mass is 35.5. The Morgan fingerprint density at radius 3 is 2.33 bits per heavy atom. The van der Waals surface area contributed by atoms with E-state index in [9.17, 15) is 4.79 Å². The van der Waals surface area contributed by atoms with E-state index in [0.717, 1.165) is 49.9 Å². The molecule has 40 heavy (non-hydrogen) atoms. The molecule has 0 bridgehead atoms. The quantitative estimate of drug-likeness (QED) is 0.214. The van der Waals surface area contributed by atoms with E-state index in [0.29, 0.717) is 34.0 Å². The smallest absolute Gasteiger partial charge is 0.226 e. The number of hydrogen-bond acceptors (Lipinski definition) is 3. The molecule has 0 aliphatic carbocycles. The van der Waals surface area contributed by atoms with Crippen molar-refractivity contribution in [3.05, 3.63) is 105 Å². The molecule has 3 aromatic carbocycles. The van der Waals surface area contributed by atoms with Gasteiger partial charge in [0.15, 0.2) is 0 Å². The van der Waals surface area contributed by atoms with Gasteiger partial charge in [0.25, 0.3) is 0 Å². The lowest BCUT2D eigenvalue weighted by molar-refractivity contribution is -0.129. The molecular formula is C32H38Cl4N2O2. The van der Waals surface area contributed by atoms with E-state index in [1.165, 1.54) is 5.56 Å². The number of ether oxygens (including phenoxy) is 1. The predicted octanol–water partition coefficient (Wildman–Crippen LogP) is 8.69. The Bertz CT molecular complexity index is 1220. The first-order valence-electron chi connectivity index (χ1n) is 13.6. The van der Waals surface area contributed by atoms with Gasteiger partial charge in [-0.3, -0.25) is 9.69 Å². The summed E-state index contributed by atoms with van der Waals surface area (Å²) >= 11 is 18.7. The molecule has 0 saturated carbocycles. The standard InChI is InChI=1S/C32H37Cl3N2O2.ClH/c1-36(31(38)20-24-7-6-10-28(33)19-24)22-27(26-13-14-29(34)30(35)21-26)12-11-23-15-17-37(18-16-23)32(39-2)25-8-4-3-5-9-25;/h3-10,13-14,19,21,23,27,32H,11-12,15-18,20,22H2,1-2H3;1H. The monoisotopic (exact) mass is 622 g/mol. The zero-order valence-corrected chi connectivity index (χ0v) is 26.2. The van der Waals surface area contributed by atoms with Gasteiger partial charge < -0.3 is 9.64 Å². The number of hydrogen-bond donors (Lipinski definition) is 0. The van der Waals surface area contributed by atoms with E-state index in [1.807, 2.05) is 60.5 Å². The Hall–Kier alpha value is -1.79. The van der Waals surface area contributed by atoms with Crippen molar-refractivity contribution in [3.8, 4) is 0 Å². The van der Waals surface area contributed by atoms with Crippen LogP contribution in [-0.4, -0.2) is 49.5 Å². The number of amides is 1. The van der Waals surface area contributed by atoms with Gasteiger partial charge in [0.2, 0.25) is 5.91 Å². The first-order chi connectivity index (χ1) is 18.8. The third kappa shape index (κ3) is 9.11. The van der Waals surface area contributed by atoms with Crippen molar-refractivity contribution in [2.75, 3.05) is 33.8 Å². The van der Waals surface area contributed by atoms with Gasteiger partial charge in [-0.15, -0.1) is 12.4 Å². The maximum Gasteiger partial charge on any atom is 0.226 e. The molecule has 0 radical (unpaired) electrons. The van der Waals surface area contributed by atoms with E-state index in [4.69, 9.17) is 39.5 Å². The summed E-state index contributed by atoms with van der Waals surface area (Å²) in [5.74, 6) is 0.872. The van der Waals surface area contributed by atoms with E-state index < -0.39 is 0 Å². The molecule has 0 N–H and O–H groups in total. The third-order valence-corrected chi connectivity index (χ3v) is 8.77. The highest BCUT2D eigenvalue weighted by molar-refractivity contribution is 6.42. The summed E-state index contributed by atoms with van der Waals surface area (Å²) in [5, 5.41) is 1.73. The van der Waals surface area contributed by atoms with Gasteiger partial charge >= 0.3 is 0 Å². The first kappa shape index (κ1) is 32.7. The second-order valence-electron chi connectivity index (χ2n) is 10.5. The predicted molar refractivity (Wildman–Crippen MR) is 169 cm³/mol. The van der Waals surface area contributed by atoms with Crippen LogP contribution >= 0.6 is 47.2 Å². The highest BCUT2D eigenvalue weighted by Gasteiger charge is 2.27. The first-order valence-corrected chi connectivity index (χ1v) is 14.7. The zero-order chi connectivity index (χ0) is 27.8. The molecule has 4 rings (SSSR count). The van der Waals surface area contributed by atoms with E-state index >= 15 is 0 Å². The van der Waals surface area contributed by atoms with Crippen LogP contribution in [0.15, 0.2) is 72.8 Å². The molecule has 1 aliphatic heterocycles. The molecule has 2 atom stereocenters. The molecule has 0 aromatic heterocycles. The van der Waals surface area contributed by atoms with Crippen molar-refractivity contribution in [2.45, 2.75) is 44.2 Å². The van der Waals surface area contributed by atoms with Crippen molar-refractivity contribution < 1.29 is 9.53 Å². The number of benzene rings is 3. The van der Waals surface area contributed by atoms with Crippen LogP contribution in [0.3, 0.4) is 0 Å². The Morgan fingerprint density at radius 2 is 1.68 bits per heavy atom. The molecule has 1 saturated heterocycles.